The molecule has 0 spiro atoms. The molecule has 2 aromatic carbocycles. The van der Waals surface area contributed by atoms with Crippen LogP contribution in [0.1, 0.15) is 98.4 Å². The summed E-state index contributed by atoms with van der Waals surface area (Å²) in [6, 6.07) is 13.4. The molecule has 0 radical (unpaired) electrons. The van der Waals surface area contributed by atoms with Crippen LogP contribution >= 0.6 is 11.6 Å². The van der Waals surface area contributed by atoms with Crippen molar-refractivity contribution in [2.45, 2.75) is 90.6 Å². The lowest BCUT2D eigenvalue weighted by molar-refractivity contribution is -0.125. The zero-order valence-electron chi connectivity index (χ0n) is 25.5. The molecular formula is C34H49ClN4O3. The molecule has 3 atom stereocenters. The third kappa shape index (κ3) is 10.4. The summed E-state index contributed by atoms with van der Waals surface area (Å²) in [5.41, 5.74) is 8.58. The molecular weight excluding hydrogens is 548 g/mol. The number of carbonyl (C=O) groups is 3. The molecule has 0 bridgehead atoms. The second-order valence-electron chi connectivity index (χ2n) is 11.8. The zero-order chi connectivity index (χ0) is 30.5. The standard InChI is InChI=1S/C34H49ClN4O3/c1-4-18-39(19-5-2)34(42)28-13-9-12-27(22-28)33(41)38-31(21-25-14-16-29(35)17-15-25)30(36)20-24(3)32(40)37-23-26-10-7-6-8-11-26/h9,12-17,22,24,26,30-31H,4-8,10-11,18-21,23,36H2,1-3H3,(H,37,40)(H,38,41)/t24-,30+,31+/m1/s1. The van der Waals surface area contributed by atoms with E-state index in [0.29, 0.717) is 54.5 Å². The number of nitrogens with two attached hydrogens (primary N) is 1. The summed E-state index contributed by atoms with van der Waals surface area (Å²) in [5, 5.41) is 6.88. The zero-order valence-corrected chi connectivity index (χ0v) is 26.3. The molecule has 1 fully saturated rings. The van der Waals surface area contributed by atoms with Crippen LogP contribution in [0.2, 0.25) is 5.02 Å². The smallest absolute Gasteiger partial charge is 0.253 e. The number of benzene rings is 2. The molecule has 1 saturated carbocycles. The van der Waals surface area contributed by atoms with Crippen molar-refractivity contribution in [1.29, 1.82) is 0 Å². The molecule has 230 valence electrons. The van der Waals surface area contributed by atoms with Crippen LogP contribution in [0.25, 0.3) is 0 Å². The van der Waals surface area contributed by atoms with Crippen LogP contribution in [-0.2, 0) is 11.2 Å². The van der Waals surface area contributed by atoms with Gasteiger partial charge in [0.15, 0.2) is 0 Å². The predicted molar refractivity (Wildman–Crippen MR) is 171 cm³/mol. The van der Waals surface area contributed by atoms with E-state index in [2.05, 4.69) is 10.6 Å². The highest BCUT2D eigenvalue weighted by atomic mass is 35.5. The second kappa shape index (κ2) is 17.3. The lowest BCUT2D eigenvalue weighted by Crippen LogP contribution is -2.50. The van der Waals surface area contributed by atoms with Gasteiger partial charge in [-0.25, -0.2) is 0 Å². The number of halogens is 1. The Morgan fingerprint density at radius 1 is 0.976 bits per heavy atom. The van der Waals surface area contributed by atoms with E-state index in [0.717, 1.165) is 18.4 Å². The van der Waals surface area contributed by atoms with Gasteiger partial charge >= 0.3 is 0 Å². The van der Waals surface area contributed by atoms with E-state index in [9.17, 15) is 14.4 Å². The van der Waals surface area contributed by atoms with Gasteiger partial charge in [-0.3, -0.25) is 14.4 Å². The molecule has 42 heavy (non-hydrogen) atoms. The van der Waals surface area contributed by atoms with Crippen molar-refractivity contribution in [2.24, 2.45) is 17.6 Å². The summed E-state index contributed by atoms with van der Waals surface area (Å²) in [6.45, 7) is 8.05. The molecule has 0 aliphatic heterocycles. The van der Waals surface area contributed by atoms with E-state index in [1.807, 2.05) is 49.9 Å². The van der Waals surface area contributed by atoms with Gasteiger partial charge in [0.05, 0.1) is 0 Å². The first-order valence-electron chi connectivity index (χ1n) is 15.7. The summed E-state index contributed by atoms with van der Waals surface area (Å²) >= 11 is 6.10. The summed E-state index contributed by atoms with van der Waals surface area (Å²) in [4.78, 5) is 41.4. The van der Waals surface area contributed by atoms with Crippen molar-refractivity contribution < 1.29 is 14.4 Å². The highest BCUT2D eigenvalue weighted by molar-refractivity contribution is 6.30. The fourth-order valence-electron chi connectivity index (χ4n) is 5.76. The number of nitrogens with one attached hydrogen (secondary N) is 2. The summed E-state index contributed by atoms with van der Waals surface area (Å²) in [7, 11) is 0. The van der Waals surface area contributed by atoms with Gasteiger partial charge in [0.2, 0.25) is 5.91 Å². The van der Waals surface area contributed by atoms with Gasteiger partial charge in [-0.05, 0) is 80.3 Å². The Hall–Kier alpha value is -2.90. The van der Waals surface area contributed by atoms with Crippen LogP contribution in [0.5, 0.6) is 0 Å². The van der Waals surface area contributed by atoms with Crippen molar-refractivity contribution in [2.75, 3.05) is 19.6 Å². The lowest BCUT2D eigenvalue weighted by Gasteiger charge is -2.28. The fourth-order valence-corrected chi connectivity index (χ4v) is 5.88. The predicted octanol–water partition coefficient (Wildman–Crippen LogP) is 5.99. The van der Waals surface area contributed by atoms with Crippen molar-refractivity contribution >= 4 is 29.3 Å². The Morgan fingerprint density at radius 3 is 2.26 bits per heavy atom. The summed E-state index contributed by atoms with van der Waals surface area (Å²) < 4.78 is 0. The van der Waals surface area contributed by atoms with E-state index in [1.54, 1.807) is 24.3 Å². The molecule has 4 N–H and O–H groups in total. The summed E-state index contributed by atoms with van der Waals surface area (Å²) in [6.07, 6.45) is 8.75. The topological polar surface area (TPSA) is 105 Å². The maximum atomic E-state index is 13.5. The van der Waals surface area contributed by atoms with Crippen LogP contribution in [0.15, 0.2) is 48.5 Å². The molecule has 1 aliphatic rings. The molecule has 7 nitrogen and oxygen atoms in total. The minimum Gasteiger partial charge on any atom is -0.356 e. The minimum absolute atomic E-state index is 0.00233. The minimum atomic E-state index is -0.463. The molecule has 3 rings (SSSR count). The van der Waals surface area contributed by atoms with Gasteiger partial charge in [0, 0.05) is 53.8 Å². The largest absolute Gasteiger partial charge is 0.356 e. The van der Waals surface area contributed by atoms with Crippen molar-refractivity contribution in [1.82, 2.24) is 15.5 Å². The highest BCUT2D eigenvalue weighted by Gasteiger charge is 2.26. The van der Waals surface area contributed by atoms with Crippen LogP contribution in [0, 0.1) is 11.8 Å². The Morgan fingerprint density at radius 2 is 1.62 bits per heavy atom. The molecule has 0 unspecified atom stereocenters. The van der Waals surface area contributed by atoms with Gasteiger partial charge in [0.1, 0.15) is 0 Å². The van der Waals surface area contributed by atoms with Gasteiger partial charge < -0.3 is 21.3 Å². The quantitative estimate of drug-likeness (QED) is 0.235. The molecule has 3 amide bonds. The first-order chi connectivity index (χ1) is 20.2. The Labute approximate surface area is 256 Å². The normalized spacial score (nSPS) is 15.8. The Kier molecular flexibility index (Phi) is 13.8. The van der Waals surface area contributed by atoms with Gasteiger partial charge in [-0.1, -0.05) is 69.8 Å². The molecule has 0 aromatic heterocycles. The third-order valence-electron chi connectivity index (χ3n) is 8.21. The van der Waals surface area contributed by atoms with E-state index < -0.39 is 12.1 Å². The second-order valence-corrected chi connectivity index (χ2v) is 12.3. The van der Waals surface area contributed by atoms with E-state index in [1.165, 1.54) is 32.1 Å². The first kappa shape index (κ1) is 33.6. The van der Waals surface area contributed by atoms with Gasteiger partial charge in [0.25, 0.3) is 11.8 Å². The van der Waals surface area contributed by atoms with E-state index in [-0.39, 0.29) is 23.6 Å². The molecule has 2 aromatic rings. The highest BCUT2D eigenvalue weighted by Crippen LogP contribution is 2.23. The molecule has 8 heteroatoms. The maximum absolute atomic E-state index is 13.5. The van der Waals surface area contributed by atoms with Gasteiger partial charge in [-0.2, -0.15) is 0 Å². The Balaban J connectivity index is 1.71. The SMILES string of the molecule is CCCN(CCC)C(=O)c1cccc(C(=O)N[C@@H](Cc2ccc(Cl)cc2)[C@@H](N)C[C@@H](C)C(=O)NCC2CCCCC2)c1. The number of hydrogen-bond donors (Lipinski definition) is 3. The average Bonchev–Trinajstić information content (AvgIpc) is 3.00. The molecule has 1 aliphatic carbocycles. The number of carbonyl (C=O) groups excluding carboxylic acids is 3. The number of nitrogens with zero attached hydrogens (tertiary/aromatic N) is 1. The van der Waals surface area contributed by atoms with Crippen LogP contribution < -0.4 is 16.4 Å². The number of rotatable bonds is 15. The first-order valence-corrected chi connectivity index (χ1v) is 16.1. The van der Waals surface area contributed by atoms with Crippen molar-refractivity contribution in [3.63, 3.8) is 0 Å². The van der Waals surface area contributed by atoms with Crippen molar-refractivity contribution in [3.05, 3.63) is 70.2 Å². The fraction of sp³-hybridized carbons (Fsp3) is 0.559. The van der Waals surface area contributed by atoms with E-state index >= 15 is 0 Å². The average molecular weight is 597 g/mol. The Bertz CT molecular complexity index is 1140. The van der Waals surface area contributed by atoms with E-state index in [4.69, 9.17) is 17.3 Å². The van der Waals surface area contributed by atoms with Crippen LogP contribution in [-0.4, -0.2) is 54.3 Å². The maximum Gasteiger partial charge on any atom is 0.253 e. The van der Waals surface area contributed by atoms with Crippen molar-refractivity contribution in [3.8, 4) is 0 Å². The monoisotopic (exact) mass is 596 g/mol. The van der Waals surface area contributed by atoms with Gasteiger partial charge in [-0.15, -0.1) is 0 Å². The molecule has 0 heterocycles. The van der Waals surface area contributed by atoms with Crippen LogP contribution in [0.4, 0.5) is 0 Å². The summed E-state index contributed by atoms with van der Waals surface area (Å²) in [5.74, 6) is -0.110. The molecule has 0 saturated heterocycles. The number of hydrogen-bond acceptors (Lipinski definition) is 4. The van der Waals surface area contributed by atoms with Crippen LogP contribution in [0.3, 0.4) is 0 Å². The lowest BCUT2D eigenvalue weighted by atomic mass is 9.89. The number of amides is 3. The third-order valence-corrected chi connectivity index (χ3v) is 8.46.